The monoisotopic (exact) mass is 173 g/mol. The molecule has 2 heteroatoms. The summed E-state index contributed by atoms with van der Waals surface area (Å²) in [6.07, 6.45) is 4.51. The van der Waals surface area contributed by atoms with Gasteiger partial charge in [-0.2, -0.15) is 0 Å². The van der Waals surface area contributed by atoms with Crippen molar-refractivity contribution in [1.82, 2.24) is 0 Å². The van der Waals surface area contributed by atoms with Gasteiger partial charge in [0, 0.05) is 12.1 Å². The molecule has 2 nitrogen and oxygen atoms in total. The van der Waals surface area contributed by atoms with Gasteiger partial charge in [-0.15, -0.1) is 0 Å². The van der Waals surface area contributed by atoms with E-state index in [4.69, 9.17) is 10.5 Å². The lowest BCUT2D eigenvalue weighted by Gasteiger charge is -2.27. The second kappa shape index (κ2) is 6.44. The number of hydrogen-bond acceptors (Lipinski definition) is 2. The lowest BCUT2D eigenvalue weighted by molar-refractivity contribution is 0.0872. The van der Waals surface area contributed by atoms with Crippen LogP contribution < -0.4 is 5.73 Å². The van der Waals surface area contributed by atoms with Crippen molar-refractivity contribution in [3.63, 3.8) is 0 Å². The van der Waals surface area contributed by atoms with Crippen LogP contribution >= 0.6 is 0 Å². The van der Waals surface area contributed by atoms with Gasteiger partial charge < -0.3 is 10.5 Å². The molecule has 0 radical (unpaired) electrons. The summed E-state index contributed by atoms with van der Waals surface area (Å²) in [7, 11) is 0. The number of nitrogens with two attached hydrogens (primary N) is 1. The van der Waals surface area contributed by atoms with E-state index in [0.717, 1.165) is 19.4 Å². The molecule has 0 spiro atoms. The van der Waals surface area contributed by atoms with Gasteiger partial charge in [-0.05, 0) is 19.8 Å². The van der Waals surface area contributed by atoms with Crippen LogP contribution in [0.1, 0.15) is 46.5 Å². The van der Waals surface area contributed by atoms with E-state index in [-0.39, 0.29) is 5.54 Å². The third-order valence-corrected chi connectivity index (χ3v) is 2.33. The molecule has 2 N–H and O–H groups in total. The van der Waals surface area contributed by atoms with Crippen molar-refractivity contribution in [1.29, 1.82) is 0 Å². The molecule has 1 unspecified atom stereocenters. The van der Waals surface area contributed by atoms with E-state index in [0.29, 0.717) is 6.61 Å². The van der Waals surface area contributed by atoms with E-state index in [1.807, 2.05) is 6.92 Å². The summed E-state index contributed by atoms with van der Waals surface area (Å²) in [6, 6.07) is 0. The van der Waals surface area contributed by atoms with E-state index in [1.54, 1.807) is 0 Å². The summed E-state index contributed by atoms with van der Waals surface area (Å²) in [5.74, 6) is 0. The van der Waals surface area contributed by atoms with Crippen molar-refractivity contribution in [3.8, 4) is 0 Å². The Kier molecular flexibility index (Phi) is 6.39. The zero-order valence-electron chi connectivity index (χ0n) is 8.73. The molecule has 0 aromatic rings. The van der Waals surface area contributed by atoms with Gasteiger partial charge in [0.1, 0.15) is 0 Å². The zero-order chi connectivity index (χ0) is 9.45. The van der Waals surface area contributed by atoms with Gasteiger partial charge in [-0.1, -0.05) is 26.7 Å². The second-order valence-electron chi connectivity index (χ2n) is 3.46. The Labute approximate surface area is 76.5 Å². The van der Waals surface area contributed by atoms with Gasteiger partial charge >= 0.3 is 0 Å². The number of ether oxygens (including phenoxy) is 1. The molecule has 0 bridgehead atoms. The fourth-order valence-electron chi connectivity index (χ4n) is 1.19. The molecule has 0 amide bonds. The molecule has 74 valence electrons. The Morgan fingerprint density at radius 3 is 2.33 bits per heavy atom. The Morgan fingerprint density at radius 1 is 1.25 bits per heavy atom. The van der Waals surface area contributed by atoms with Crippen LogP contribution in [0.2, 0.25) is 0 Å². The SMILES string of the molecule is CCCCC(N)(CC)COCC. The van der Waals surface area contributed by atoms with Crippen LogP contribution in [0.5, 0.6) is 0 Å². The normalized spacial score (nSPS) is 16.0. The van der Waals surface area contributed by atoms with Gasteiger partial charge in [-0.3, -0.25) is 0 Å². The summed E-state index contributed by atoms with van der Waals surface area (Å²) in [5.41, 5.74) is 6.07. The molecule has 0 aliphatic heterocycles. The fraction of sp³-hybridized carbons (Fsp3) is 1.00. The van der Waals surface area contributed by atoms with Crippen LogP contribution in [-0.2, 0) is 4.74 Å². The Balaban J connectivity index is 3.70. The van der Waals surface area contributed by atoms with Crippen LogP contribution in [0, 0.1) is 0 Å². The molecule has 0 fully saturated rings. The Hall–Kier alpha value is -0.0800. The first-order chi connectivity index (χ1) is 5.68. The minimum absolute atomic E-state index is 0.0774. The summed E-state index contributed by atoms with van der Waals surface area (Å²) in [5, 5.41) is 0. The molecule has 0 heterocycles. The van der Waals surface area contributed by atoms with Crippen molar-refractivity contribution in [2.45, 2.75) is 52.0 Å². The third kappa shape index (κ3) is 4.73. The highest BCUT2D eigenvalue weighted by atomic mass is 16.5. The summed E-state index contributed by atoms with van der Waals surface area (Å²) in [4.78, 5) is 0. The first kappa shape index (κ1) is 11.9. The standard InChI is InChI=1S/C10H23NO/c1-4-7-8-10(11,5-2)9-12-6-3/h4-9,11H2,1-3H3. The van der Waals surface area contributed by atoms with Crippen LogP contribution in [0.3, 0.4) is 0 Å². The minimum Gasteiger partial charge on any atom is -0.380 e. The Morgan fingerprint density at radius 2 is 1.92 bits per heavy atom. The first-order valence-corrected chi connectivity index (χ1v) is 5.05. The van der Waals surface area contributed by atoms with Gasteiger partial charge in [0.25, 0.3) is 0 Å². The van der Waals surface area contributed by atoms with Gasteiger partial charge in [0.05, 0.1) is 6.61 Å². The number of hydrogen-bond donors (Lipinski definition) is 1. The van der Waals surface area contributed by atoms with E-state index in [9.17, 15) is 0 Å². The maximum atomic E-state index is 6.14. The van der Waals surface area contributed by atoms with Crippen molar-refractivity contribution in [3.05, 3.63) is 0 Å². The lowest BCUT2D eigenvalue weighted by atomic mass is 9.92. The molecule has 1 atom stereocenters. The molecule has 12 heavy (non-hydrogen) atoms. The number of unbranched alkanes of at least 4 members (excludes halogenated alkanes) is 1. The van der Waals surface area contributed by atoms with Gasteiger partial charge in [0.15, 0.2) is 0 Å². The molecule has 0 saturated carbocycles. The van der Waals surface area contributed by atoms with E-state index in [1.165, 1.54) is 12.8 Å². The highest BCUT2D eigenvalue weighted by Gasteiger charge is 2.21. The van der Waals surface area contributed by atoms with Crippen molar-refractivity contribution in [2.75, 3.05) is 13.2 Å². The molecule has 0 rings (SSSR count). The largest absolute Gasteiger partial charge is 0.380 e. The number of rotatable bonds is 7. The van der Waals surface area contributed by atoms with E-state index >= 15 is 0 Å². The van der Waals surface area contributed by atoms with Crippen molar-refractivity contribution >= 4 is 0 Å². The average Bonchev–Trinajstić information content (AvgIpc) is 2.11. The predicted octanol–water partition coefficient (Wildman–Crippen LogP) is 2.32. The van der Waals surface area contributed by atoms with Crippen LogP contribution in [0.4, 0.5) is 0 Å². The summed E-state index contributed by atoms with van der Waals surface area (Å²) in [6.45, 7) is 7.81. The third-order valence-electron chi connectivity index (χ3n) is 2.33. The van der Waals surface area contributed by atoms with E-state index in [2.05, 4.69) is 13.8 Å². The summed E-state index contributed by atoms with van der Waals surface area (Å²) < 4.78 is 5.36. The van der Waals surface area contributed by atoms with Crippen LogP contribution in [0.25, 0.3) is 0 Å². The maximum absolute atomic E-state index is 6.14. The fourth-order valence-corrected chi connectivity index (χ4v) is 1.19. The van der Waals surface area contributed by atoms with Crippen LogP contribution in [-0.4, -0.2) is 18.8 Å². The van der Waals surface area contributed by atoms with Crippen molar-refractivity contribution in [2.24, 2.45) is 5.73 Å². The lowest BCUT2D eigenvalue weighted by Crippen LogP contribution is -2.43. The smallest absolute Gasteiger partial charge is 0.0645 e. The predicted molar refractivity (Wildman–Crippen MR) is 53.2 cm³/mol. The van der Waals surface area contributed by atoms with Crippen molar-refractivity contribution < 1.29 is 4.74 Å². The van der Waals surface area contributed by atoms with Crippen LogP contribution in [0.15, 0.2) is 0 Å². The Bertz CT molecular complexity index is 96.0. The van der Waals surface area contributed by atoms with E-state index < -0.39 is 0 Å². The molecular weight excluding hydrogens is 150 g/mol. The maximum Gasteiger partial charge on any atom is 0.0645 e. The average molecular weight is 173 g/mol. The van der Waals surface area contributed by atoms with Gasteiger partial charge in [-0.25, -0.2) is 0 Å². The molecule has 0 aliphatic carbocycles. The first-order valence-electron chi connectivity index (χ1n) is 5.05. The molecule has 0 aromatic carbocycles. The quantitative estimate of drug-likeness (QED) is 0.641. The topological polar surface area (TPSA) is 35.2 Å². The van der Waals surface area contributed by atoms with Gasteiger partial charge in [0.2, 0.25) is 0 Å². The highest BCUT2D eigenvalue weighted by molar-refractivity contribution is 4.81. The zero-order valence-corrected chi connectivity index (χ0v) is 8.73. The molecule has 0 saturated heterocycles. The molecule has 0 aromatic heterocycles. The minimum atomic E-state index is -0.0774. The summed E-state index contributed by atoms with van der Waals surface area (Å²) >= 11 is 0. The second-order valence-corrected chi connectivity index (χ2v) is 3.46. The highest BCUT2D eigenvalue weighted by Crippen LogP contribution is 2.15. The molecule has 0 aliphatic rings. The molecular formula is C10H23NO.